The average Bonchev–Trinajstić information content (AvgIpc) is 3.95. The molecule has 12 rings (SSSR count). The fourth-order valence-corrected chi connectivity index (χ4v) is 9.98. The van der Waals surface area contributed by atoms with Gasteiger partial charge in [-0.2, -0.15) is 6.07 Å². The third-order valence-corrected chi connectivity index (χ3v) is 13.4. The third kappa shape index (κ3) is 8.41. The molecule has 0 bridgehead atoms. The number of ether oxygens (including phenoxy) is 1. The molecule has 0 saturated heterocycles. The first-order valence-electron chi connectivity index (χ1n) is 23.9. The van der Waals surface area contributed by atoms with Crippen molar-refractivity contribution in [1.29, 1.82) is 0 Å². The van der Waals surface area contributed by atoms with Gasteiger partial charge >= 0.3 is 0 Å². The monoisotopic (exact) mass is 1100 g/mol. The minimum absolute atomic E-state index is 0. The van der Waals surface area contributed by atoms with Crippen LogP contribution in [0.1, 0.15) is 31.9 Å². The standard InChI is InChI=1S/C65H49N4O.Pt/c1-44-38-62(66-42-57(44)47-24-12-7-13-25-47)69-58-31-15-14-28-55(58)63-56(48-34-36-49(37-35-48)65(2,3)4)40-52(41-61(63)69)70-51-27-18-26-50(39-51)67-43-68(60-33-17-16-32-59(60)67)64-53(45-20-8-5-9-21-45)29-19-30-54(64)46-22-10-6-11-23-46;/h5-38,40,42-43H,1-4H3;/q-3;. The molecule has 9 aromatic carbocycles. The number of fused-ring (bicyclic) bond motifs is 4. The number of hydrogen-bond donors (Lipinski definition) is 0. The van der Waals surface area contributed by atoms with Crippen molar-refractivity contribution in [3.8, 4) is 61.8 Å². The van der Waals surface area contributed by atoms with E-state index in [9.17, 15) is 0 Å². The number of pyridine rings is 1. The minimum atomic E-state index is 0. The molecule has 0 aliphatic carbocycles. The number of hydrogen-bond acceptors (Lipinski definition) is 4. The fraction of sp³-hybridized carbons (Fsp3) is 0.0769. The van der Waals surface area contributed by atoms with Crippen LogP contribution in [0.15, 0.2) is 219 Å². The summed E-state index contributed by atoms with van der Waals surface area (Å²) in [6.07, 6.45) is 1.99. The second kappa shape index (κ2) is 18.7. The molecule has 0 radical (unpaired) electrons. The van der Waals surface area contributed by atoms with Gasteiger partial charge in [-0.3, -0.25) is 0 Å². The molecule has 5 nitrogen and oxygen atoms in total. The van der Waals surface area contributed by atoms with E-state index in [0.717, 1.165) is 100 Å². The number of para-hydroxylation sites is 4. The molecule has 2 aromatic heterocycles. The zero-order chi connectivity index (χ0) is 47.3. The molecule has 348 valence electrons. The molecule has 71 heavy (non-hydrogen) atoms. The number of aryl methyl sites for hydroxylation is 1. The van der Waals surface area contributed by atoms with Gasteiger partial charge in [-0.1, -0.05) is 195 Å². The van der Waals surface area contributed by atoms with E-state index in [0.29, 0.717) is 11.5 Å². The van der Waals surface area contributed by atoms with Crippen molar-refractivity contribution in [2.45, 2.75) is 33.1 Å². The van der Waals surface area contributed by atoms with Gasteiger partial charge in [-0.15, -0.1) is 48.3 Å². The van der Waals surface area contributed by atoms with Crippen molar-refractivity contribution in [1.82, 2.24) is 9.55 Å². The van der Waals surface area contributed by atoms with Crippen LogP contribution in [0, 0.1) is 25.7 Å². The number of nitrogens with zero attached hydrogens (tertiary/aromatic N) is 4. The number of benzene rings is 9. The molecule has 1 aliphatic rings. The van der Waals surface area contributed by atoms with E-state index >= 15 is 0 Å². The third-order valence-electron chi connectivity index (χ3n) is 13.4. The van der Waals surface area contributed by atoms with Crippen LogP contribution < -0.4 is 14.5 Å². The van der Waals surface area contributed by atoms with E-state index in [1.165, 1.54) is 5.56 Å². The van der Waals surface area contributed by atoms with E-state index in [1.54, 1.807) is 0 Å². The van der Waals surface area contributed by atoms with E-state index in [4.69, 9.17) is 9.72 Å². The molecular weight excluding hydrogens is 1050 g/mol. The van der Waals surface area contributed by atoms with Crippen LogP contribution >= 0.6 is 0 Å². The Kier molecular flexibility index (Phi) is 12.0. The number of rotatable bonds is 9. The van der Waals surface area contributed by atoms with Crippen molar-refractivity contribution in [3.05, 3.63) is 248 Å². The smallest absolute Gasteiger partial charge is 0.135 e. The fourth-order valence-electron chi connectivity index (χ4n) is 9.98. The van der Waals surface area contributed by atoms with Gasteiger partial charge in [-0.05, 0) is 75.4 Å². The first kappa shape index (κ1) is 45.5. The van der Waals surface area contributed by atoms with E-state index in [2.05, 4.69) is 255 Å². The van der Waals surface area contributed by atoms with Crippen LogP contribution in [0.4, 0.5) is 22.7 Å². The van der Waals surface area contributed by atoms with Crippen molar-refractivity contribution in [3.63, 3.8) is 0 Å². The summed E-state index contributed by atoms with van der Waals surface area (Å²) < 4.78 is 9.20. The van der Waals surface area contributed by atoms with E-state index < -0.39 is 0 Å². The summed E-state index contributed by atoms with van der Waals surface area (Å²) in [5.74, 6) is 1.97. The van der Waals surface area contributed by atoms with Crippen LogP contribution in [0.3, 0.4) is 0 Å². The van der Waals surface area contributed by atoms with E-state index in [-0.39, 0.29) is 26.5 Å². The predicted molar refractivity (Wildman–Crippen MR) is 289 cm³/mol. The summed E-state index contributed by atoms with van der Waals surface area (Å²) in [5, 5.41) is 2.21. The molecule has 0 N–H and O–H groups in total. The quantitative estimate of drug-likeness (QED) is 0.135. The van der Waals surface area contributed by atoms with E-state index in [1.807, 2.05) is 24.4 Å². The molecule has 3 heterocycles. The number of aromatic nitrogens is 2. The maximum absolute atomic E-state index is 6.97. The Morgan fingerprint density at radius 2 is 1.07 bits per heavy atom. The van der Waals surface area contributed by atoms with Crippen molar-refractivity contribution < 1.29 is 25.8 Å². The second-order valence-corrected chi connectivity index (χ2v) is 19.0. The molecule has 11 aromatic rings. The van der Waals surface area contributed by atoms with Gasteiger partial charge in [0.25, 0.3) is 0 Å². The summed E-state index contributed by atoms with van der Waals surface area (Å²) in [5.41, 5.74) is 17.4. The first-order chi connectivity index (χ1) is 34.3. The molecule has 0 spiro atoms. The normalized spacial score (nSPS) is 12.3. The maximum Gasteiger partial charge on any atom is 0.135 e. The van der Waals surface area contributed by atoms with Crippen LogP contribution in [0.5, 0.6) is 11.5 Å². The molecule has 0 atom stereocenters. The maximum atomic E-state index is 6.97. The zero-order valence-electron chi connectivity index (χ0n) is 39.9. The van der Waals surface area contributed by atoms with Gasteiger partial charge in [0.15, 0.2) is 0 Å². The Morgan fingerprint density at radius 3 is 1.70 bits per heavy atom. The average molecular weight is 1100 g/mol. The SMILES string of the molecule is Cc1cc(-n2c3[c-]c(Oc4[c-]c(N5[CH-]N(c6c(-c7ccccc7)cccc6-c6ccccc6)c6ccccc65)ccc4)cc(-c4ccc(C(C)(C)C)cc4)c3c3ccccc32)ncc1-c1ccccc1.[Pt]. The summed E-state index contributed by atoms with van der Waals surface area (Å²) in [6.45, 7) is 11.1. The van der Waals surface area contributed by atoms with Gasteiger partial charge in [0.2, 0.25) is 0 Å². The Balaban J connectivity index is 0.00000547. The Morgan fingerprint density at radius 1 is 0.507 bits per heavy atom. The molecular formula is C65H49N4OPt-3. The van der Waals surface area contributed by atoms with Gasteiger partial charge in [0.1, 0.15) is 5.82 Å². The van der Waals surface area contributed by atoms with Crippen LogP contribution in [0.25, 0.3) is 72.1 Å². The topological polar surface area (TPSA) is 33.5 Å². The van der Waals surface area contributed by atoms with Crippen LogP contribution in [-0.2, 0) is 26.5 Å². The largest absolute Gasteiger partial charge is 0.509 e. The van der Waals surface area contributed by atoms with Gasteiger partial charge in [-0.25, -0.2) is 4.98 Å². The molecule has 0 amide bonds. The Hall–Kier alpha value is -7.98. The van der Waals surface area contributed by atoms with Gasteiger partial charge in [0.05, 0.1) is 0 Å². The molecule has 0 saturated carbocycles. The molecule has 1 aliphatic heterocycles. The first-order valence-corrected chi connectivity index (χ1v) is 23.9. The predicted octanol–water partition coefficient (Wildman–Crippen LogP) is 17.3. The minimum Gasteiger partial charge on any atom is -0.509 e. The van der Waals surface area contributed by atoms with Crippen molar-refractivity contribution in [2.75, 3.05) is 9.80 Å². The van der Waals surface area contributed by atoms with Crippen LogP contribution in [-0.4, -0.2) is 9.55 Å². The summed E-state index contributed by atoms with van der Waals surface area (Å²) in [6, 6.07) is 82.3. The summed E-state index contributed by atoms with van der Waals surface area (Å²) in [7, 11) is 0. The summed E-state index contributed by atoms with van der Waals surface area (Å²) >= 11 is 0. The Bertz CT molecular complexity index is 3650. The van der Waals surface area contributed by atoms with Crippen molar-refractivity contribution >= 4 is 44.6 Å². The Labute approximate surface area is 430 Å². The molecule has 0 fully saturated rings. The molecule has 6 heteroatoms. The van der Waals surface area contributed by atoms with Crippen molar-refractivity contribution in [2.24, 2.45) is 0 Å². The zero-order valence-corrected chi connectivity index (χ0v) is 42.1. The summed E-state index contributed by atoms with van der Waals surface area (Å²) in [4.78, 5) is 9.67. The van der Waals surface area contributed by atoms with Crippen LogP contribution in [0.2, 0.25) is 0 Å². The van der Waals surface area contributed by atoms with Gasteiger partial charge in [0, 0.05) is 78.0 Å². The van der Waals surface area contributed by atoms with Gasteiger partial charge < -0.3 is 19.1 Å². The molecule has 0 unspecified atom stereocenters. The number of anilines is 4. The second-order valence-electron chi connectivity index (χ2n) is 19.0.